The summed E-state index contributed by atoms with van der Waals surface area (Å²) in [5, 5.41) is 5.45. The van der Waals surface area contributed by atoms with E-state index in [2.05, 4.69) is 10.6 Å². The van der Waals surface area contributed by atoms with Gasteiger partial charge in [0.1, 0.15) is 0 Å². The highest BCUT2D eigenvalue weighted by molar-refractivity contribution is 5.84. The Morgan fingerprint density at radius 1 is 1.44 bits per heavy atom. The van der Waals surface area contributed by atoms with Gasteiger partial charge in [0.05, 0.1) is 12.1 Å². The van der Waals surface area contributed by atoms with Crippen LogP contribution >= 0.6 is 0 Å². The van der Waals surface area contributed by atoms with Gasteiger partial charge in [-0.3, -0.25) is 9.59 Å². The summed E-state index contributed by atoms with van der Waals surface area (Å²) < 4.78 is 0. The van der Waals surface area contributed by atoms with E-state index in [0.29, 0.717) is 19.4 Å². The molecule has 1 fully saturated rings. The van der Waals surface area contributed by atoms with Gasteiger partial charge in [-0.2, -0.15) is 0 Å². The Morgan fingerprint density at radius 3 is 2.78 bits per heavy atom. The number of rotatable bonds is 4. The van der Waals surface area contributed by atoms with E-state index in [1.54, 1.807) is 0 Å². The Morgan fingerprint density at radius 2 is 2.17 bits per heavy atom. The fourth-order valence-electron chi connectivity index (χ4n) is 1.98. The molecule has 18 heavy (non-hydrogen) atoms. The lowest BCUT2D eigenvalue weighted by atomic mass is 10.1. The SMILES string of the molecule is N[C@@H](Cc1ccccc1)C(=O)NC1CNC(=O)C1. The summed E-state index contributed by atoms with van der Waals surface area (Å²) in [7, 11) is 0. The number of carbonyl (C=O) groups is 2. The topological polar surface area (TPSA) is 84.2 Å². The molecule has 0 bridgehead atoms. The van der Waals surface area contributed by atoms with E-state index in [0.717, 1.165) is 5.56 Å². The van der Waals surface area contributed by atoms with Crippen LogP contribution in [0, 0.1) is 0 Å². The minimum absolute atomic E-state index is 0.0306. The number of benzene rings is 1. The van der Waals surface area contributed by atoms with Gasteiger partial charge in [-0.1, -0.05) is 30.3 Å². The van der Waals surface area contributed by atoms with Crippen LogP contribution in [0.15, 0.2) is 30.3 Å². The molecule has 1 aliphatic heterocycles. The van der Waals surface area contributed by atoms with E-state index in [-0.39, 0.29) is 17.9 Å². The predicted molar refractivity (Wildman–Crippen MR) is 67.7 cm³/mol. The van der Waals surface area contributed by atoms with Gasteiger partial charge in [0.25, 0.3) is 0 Å². The van der Waals surface area contributed by atoms with E-state index in [9.17, 15) is 9.59 Å². The van der Waals surface area contributed by atoms with Crippen LogP contribution in [0.4, 0.5) is 0 Å². The van der Waals surface area contributed by atoms with Gasteiger partial charge in [-0.25, -0.2) is 0 Å². The van der Waals surface area contributed by atoms with Crippen molar-refractivity contribution in [3.8, 4) is 0 Å². The molecule has 4 N–H and O–H groups in total. The average molecular weight is 247 g/mol. The zero-order valence-corrected chi connectivity index (χ0v) is 10.1. The van der Waals surface area contributed by atoms with E-state index in [1.165, 1.54) is 0 Å². The highest BCUT2D eigenvalue weighted by Gasteiger charge is 2.24. The van der Waals surface area contributed by atoms with Gasteiger partial charge >= 0.3 is 0 Å². The smallest absolute Gasteiger partial charge is 0.237 e. The maximum Gasteiger partial charge on any atom is 0.237 e. The molecule has 1 aliphatic rings. The predicted octanol–water partition coefficient (Wildman–Crippen LogP) is -0.439. The van der Waals surface area contributed by atoms with Crippen LogP contribution in [0.25, 0.3) is 0 Å². The average Bonchev–Trinajstić information content (AvgIpc) is 2.76. The van der Waals surface area contributed by atoms with Crippen LogP contribution in [0.5, 0.6) is 0 Å². The Labute approximate surface area is 106 Å². The zero-order chi connectivity index (χ0) is 13.0. The number of hydrogen-bond donors (Lipinski definition) is 3. The molecular weight excluding hydrogens is 230 g/mol. The second-order valence-corrected chi connectivity index (χ2v) is 4.51. The highest BCUT2D eigenvalue weighted by Crippen LogP contribution is 2.04. The third-order valence-electron chi connectivity index (χ3n) is 2.96. The second-order valence-electron chi connectivity index (χ2n) is 4.51. The highest BCUT2D eigenvalue weighted by atomic mass is 16.2. The van der Waals surface area contributed by atoms with Crippen molar-refractivity contribution in [3.63, 3.8) is 0 Å². The van der Waals surface area contributed by atoms with Crippen molar-refractivity contribution in [3.05, 3.63) is 35.9 Å². The molecule has 1 saturated heterocycles. The molecule has 0 aromatic heterocycles. The normalized spacial score (nSPS) is 20.3. The lowest BCUT2D eigenvalue weighted by Gasteiger charge is -2.15. The first-order valence-electron chi connectivity index (χ1n) is 6.02. The Balaban J connectivity index is 1.83. The van der Waals surface area contributed by atoms with Crippen LogP contribution in [0.2, 0.25) is 0 Å². The fraction of sp³-hybridized carbons (Fsp3) is 0.385. The summed E-state index contributed by atoms with van der Waals surface area (Å²) in [5.41, 5.74) is 6.87. The summed E-state index contributed by atoms with van der Waals surface area (Å²) in [6, 6.07) is 8.92. The van der Waals surface area contributed by atoms with Gasteiger partial charge in [0, 0.05) is 13.0 Å². The Hall–Kier alpha value is -1.88. The van der Waals surface area contributed by atoms with E-state index in [4.69, 9.17) is 5.73 Å². The molecule has 5 heteroatoms. The summed E-state index contributed by atoms with van der Waals surface area (Å²) in [6.07, 6.45) is 0.838. The summed E-state index contributed by atoms with van der Waals surface area (Å²) in [4.78, 5) is 22.8. The lowest BCUT2D eigenvalue weighted by molar-refractivity contribution is -0.123. The van der Waals surface area contributed by atoms with E-state index in [1.807, 2.05) is 30.3 Å². The van der Waals surface area contributed by atoms with Crippen LogP contribution in [0.1, 0.15) is 12.0 Å². The first-order valence-corrected chi connectivity index (χ1v) is 6.02. The number of hydrogen-bond acceptors (Lipinski definition) is 3. The van der Waals surface area contributed by atoms with Gasteiger partial charge in [-0.05, 0) is 12.0 Å². The zero-order valence-electron chi connectivity index (χ0n) is 10.1. The molecule has 2 atom stereocenters. The van der Waals surface area contributed by atoms with Crippen LogP contribution in [-0.2, 0) is 16.0 Å². The van der Waals surface area contributed by atoms with Crippen molar-refractivity contribution in [1.29, 1.82) is 0 Å². The number of nitrogens with two attached hydrogens (primary N) is 1. The largest absolute Gasteiger partial charge is 0.354 e. The number of carbonyl (C=O) groups excluding carboxylic acids is 2. The molecule has 96 valence electrons. The number of nitrogens with one attached hydrogen (secondary N) is 2. The molecule has 1 aromatic carbocycles. The van der Waals surface area contributed by atoms with Crippen LogP contribution in [0.3, 0.4) is 0 Å². The minimum atomic E-state index is -0.580. The summed E-state index contributed by atoms with van der Waals surface area (Å²) >= 11 is 0. The quantitative estimate of drug-likeness (QED) is 0.674. The molecule has 1 aromatic rings. The van der Waals surface area contributed by atoms with E-state index >= 15 is 0 Å². The molecule has 2 rings (SSSR count). The molecular formula is C13H17N3O2. The molecule has 2 amide bonds. The minimum Gasteiger partial charge on any atom is -0.354 e. The first-order chi connectivity index (χ1) is 8.65. The molecule has 5 nitrogen and oxygen atoms in total. The summed E-state index contributed by atoms with van der Waals surface area (Å²) in [5.74, 6) is -0.239. The Bertz CT molecular complexity index is 433. The van der Waals surface area contributed by atoms with Crippen molar-refractivity contribution >= 4 is 11.8 Å². The van der Waals surface area contributed by atoms with Crippen LogP contribution in [-0.4, -0.2) is 30.4 Å². The lowest BCUT2D eigenvalue weighted by Crippen LogP contribution is -2.47. The molecule has 0 spiro atoms. The third kappa shape index (κ3) is 3.30. The molecule has 1 heterocycles. The van der Waals surface area contributed by atoms with Gasteiger partial charge < -0.3 is 16.4 Å². The third-order valence-corrected chi connectivity index (χ3v) is 2.96. The van der Waals surface area contributed by atoms with Crippen molar-refractivity contribution in [1.82, 2.24) is 10.6 Å². The monoisotopic (exact) mass is 247 g/mol. The number of amides is 2. The van der Waals surface area contributed by atoms with Crippen molar-refractivity contribution < 1.29 is 9.59 Å². The first kappa shape index (κ1) is 12.6. The van der Waals surface area contributed by atoms with E-state index < -0.39 is 6.04 Å². The van der Waals surface area contributed by atoms with Gasteiger partial charge in [-0.15, -0.1) is 0 Å². The molecule has 1 unspecified atom stereocenters. The fourth-order valence-corrected chi connectivity index (χ4v) is 1.98. The van der Waals surface area contributed by atoms with Crippen molar-refractivity contribution in [2.45, 2.75) is 24.9 Å². The van der Waals surface area contributed by atoms with Crippen molar-refractivity contribution in [2.75, 3.05) is 6.54 Å². The molecule has 0 saturated carbocycles. The van der Waals surface area contributed by atoms with Gasteiger partial charge in [0.15, 0.2) is 0 Å². The van der Waals surface area contributed by atoms with Crippen LogP contribution < -0.4 is 16.4 Å². The Kier molecular flexibility index (Phi) is 3.94. The maximum absolute atomic E-state index is 11.8. The van der Waals surface area contributed by atoms with Crippen molar-refractivity contribution in [2.24, 2.45) is 5.73 Å². The second kappa shape index (κ2) is 5.64. The molecule has 0 aliphatic carbocycles. The summed E-state index contributed by atoms with van der Waals surface area (Å²) in [6.45, 7) is 0.489. The standard InChI is InChI=1S/C13H17N3O2/c14-11(6-9-4-2-1-3-5-9)13(18)16-10-7-12(17)15-8-10/h1-5,10-11H,6-8,14H2,(H,15,17)(H,16,18)/t10?,11-/m0/s1. The maximum atomic E-state index is 11.8. The molecule has 0 radical (unpaired) electrons. The van der Waals surface area contributed by atoms with Gasteiger partial charge in [0.2, 0.25) is 11.8 Å².